The largest absolute Gasteiger partial charge is 0.285 e. The van der Waals surface area contributed by atoms with Crippen LogP contribution in [-0.4, -0.2) is 17.7 Å². The number of halogens is 1. The predicted molar refractivity (Wildman–Crippen MR) is 36.0 cm³/mol. The summed E-state index contributed by atoms with van der Waals surface area (Å²) in [5.41, 5.74) is 0. The average molecular weight is 171 g/mol. The van der Waals surface area contributed by atoms with Crippen LogP contribution in [0, 0.1) is 0 Å². The summed E-state index contributed by atoms with van der Waals surface area (Å²) in [5.74, 6) is 0. The third-order valence-corrected chi connectivity index (χ3v) is 2.18. The van der Waals surface area contributed by atoms with E-state index in [0.717, 1.165) is 0 Å². The Hall–Kier alpha value is -0.0600. The average Bonchev–Trinajstić information content (AvgIpc) is 1.64. The molecule has 0 amide bonds. The topological polar surface area (TPSA) is 54.4 Å². The summed E-state index contributed by atoms with van der Waals surface area (Å²) >= 11 is 5.13. The number of allylic oxidation sites excluding steroid dienone is 1. The first kappa shape index (κ1) is 8.94. The van der Waals surface area contributed by atoms with Crippen molar-refractivity contribution in [3.8, 4) is 0 Å². The fraction of sp³-hybridized carbons (Fsp3) is 0.500. The lowest BCUT2D eigenvalue weighted by Gasteiger charge is -1.95. The van der Waals surface area contributed by atoms with Gasteiger partial charge in [0, 0.05) is 0 Å². The fourth-order valence-electron chi connectivity index (χ4n) is 0.251. The molecule has 0 saturated heterocycles. The Balaban J connectivity index is 4.24. The SMILES string of the molecule is CC=CC(Cl)S(=O)(=O)O. The minimum atomic E-state index is -4.09. The minimum Gasteiger partial charge on any atom is -0.284 e. The molecule has 1 atom stereocenters. The Bertz CT molecular complexity index is 194. The standard InChI is InChI=1S/C4H7ClO3S/c1-2-3-4(5)9(6,7)8/h2-4H,1H3,(H,6,7,8). The summed E-state index contributed by atoms with van der Waals surface area (Å²) in [4.78, 5) is 0. The lowest BCUT2D eigenvalue weighted by Crippen LogP contribution is -2.10. The molecular formula is C4H7ClO3S. The van der Waals surface area contributed by atoms with Crippen molar-refractivity contribution in [2.75, 3.05) is 0 Å². The van der Waals surface area contributed by atoms with Gasteiger partial charge >= 0.3 is 0 Å². The van der Waals surface area contributed by atoms with Gasteiger partial charge in [0.1, 0.15) is 0 Å². The number of rotatable bonds is 2. The summed E-state index contributed by atoms with van der Waals surface area (Å²) in [5, 5.41) is 0. The predicted octanol–water partition coefficient (Wildman–Crippen LogP) is 1.02. The Morgan fingerprint density at radius 1 is 1.67 bits per heavy atom. The molecule has 0 saturated carbocycles. The van der Waals surface area contributed by atoms with Crippen LogP contribution in [0.2, 0.25) is 0 Å². The monoisotopic (exact) mass is 170 g/mol. The van der Waals surface area contributed by atoms with Crippen LogP contribution >= 0.6 is 11.6 Å². The van der Waals surface area contributed by atoms with E-state index in [0.29, 0.717) is 0 Å². The van der Waals surface area contributed by atoms with Crippen molar-refractivity contribution in [1.29, 1.82) is 0 Å². The molecule has 0 aliphatic rings. The van der Waals surface area contributed by atoms with Gasteiger partial charge in [-0.1, -0.05) is 23.8 Å². The Morgan fingerprint density at radius 2 is 2.11 bits per heavy atom. The van der Waals surface area contributed by atoms with E-state index < -0.39 is 14.8 Å². The van der Waals surface area contributed by atoms with Gasteiger partial charge in [-0.15, -0.1) is 0 Å². The van der Waals surface area contributed by atoms with E-state index in [1.807, 2.05) is 0 Å². The maximum absolute atomic E-state index is 10.1. The highest BCUT2D eigenvalue weighted by Crippen LogP contribution is 2.04. The highest BCUT2D eigenvalue weighted by atomic mass is 35.5. The molecule has 9 heavy (non-hydrogen) atoms. The molecule has 3 nitrogen and oxygen atoms in total. The smallest absolute Gasteiger partial charge is 0.284 e. The quantitative estimate of drug-likeness (QED) is 0.383. The molecule has 0 aromatic carbocycles. The van der Waals surface area contributed by atoms with Crippen molar-refractivity contribution in [3.63, 3.8) is 0 Å². The summed E-state index contributed by atoms with van der Waals surface area (Å²) in [7, 11) is -4.09. The lowest BCUT2D eigenvalue weighted by atomic mass is 10.6. The molecule has 0 spiro atoms. The normalized spacial score (nSPS) is 16.3. The Kier molecular flexibility index (Phi) is 3.17. The first-order valence-electron chi connectivity index (χ1n) is 2.21. The van der Waals surface area contributed by atoms with E-state index in [4.69, 9.17) is 16.2 Å². The molecular weight excluding hydrogens is 164 g/mol. The van der Waals surface area contributed by atoms with Gasteiger partial charge in [0.25, 0.3) is 10.1 Å². The zero-order chi connectivity index (χ0) is 7.49. The van der Waals surface area contributed by atoms with E-state index in [9.17, 15) is 8.42 Å². The maximum atomic E-state index is 10.1. The third kappa shape index (κ3) is 3.51. The van der Waals surface area contributed by atoms with E-state index in [-0.39, 0.29) is 0 Å². The van der Waals surface area contributed by atoms with Gasteiger partial charge in [-0.2, -0.15) is 8.42 Å². The van der Waals surface area contributed by atoms with E-state index >= 15 is 0 Å². The van der Waals surface area contributed by atoms with Crippen LogP contribution in [0.5, 0.6) is 0 Å². The summed E-state index contributed by atoms with van der Waals surface area (Å²) < 4.78 is 27.1. The molecule has 0 heterocycles. The van der Waals surface area contributed by atoms with Crippen molar-refractivity contribution in [3.05, 3.63) is 12.2 Å². The van der Waals surface area contributed by atoms with Crippen LogP contribution in [0.4, 0.5) is 0 Å². The molecule has 0 fully saturated rings. The third-order valence-electron chi connectivity index (χ3n) is 0.628. The van der Waals surface area contributed by atoms with Crippen LogP contribution in [0.3, 0.4) is 0 Å². The van der Waals surface area contributed by atoms with Gasteiger partial charge < -0.3 is 0 Å². The van der Waals surface area contributed by atoms with Gasteiger partial charge in [0.05, 0.1) is 0 Å². The molecule has 0 aliphatic heterocycles. The number of hydrogen-bond donors (Lipinski definition) is 1. The van der Waals surface area contributed by atoms with Crippen LogP contribution in [0.15, 0.2) is 12.2 Å². The molecule has 1 N–H and O–H groups in total. The van der Waals surface area contributed by atoms with E-state index in [1.165, 1.54) is 12.2 Å². The molecule has 0 aromatic rings. The van der Waals surface area contributed by atoms with Gasteiger partial charge in [0.15, 0.2) is 4.71 Å². The molecule has 54 valence electrons. The zero-order valence-electron chi connectivity index (χ0n) is 4.78. The van der Waals surface area contributed by atoms with Crippen LogP contribution in [0.1, 0.15) is 6.92 Å². The summed E-state index contributed by atoms with van der Waals surface area (Å²) in [6, 6.07) is 0. The summed E-state index contributed by atoms with van der Waals surface area (Å²) in [6.45, 7) is 1.61. The minimum absolute atomic E-state index is 1.18. The van der Waals surface area contributed by atoms with Crippen molar-refractivity contribution in [2.45, 2.75) is 11.6 Å². The second kappa shape index (κ2) is 3.20. The van der Waals surface area contributed by atoms with Gasteiger partial charge in [-0.3, -0.25) is 4.55 Å². The first-order chi connectivity index (χ1) is 3.98. The van der Waals surface area contributed by atoms with E-state index in [1.54, 1.807) is 6.92 Å². The van der Waals surface area contributed by atoms with E-state index in [2.05, 4.69) is 0 Å². The molecule has 0 radical (unpaired) electrons. The molecule has 0 rings (SSSR count). The van der Waals surface area contributed by atoms with Crippen LogP contribution in [-0.2, 0) is 10.1 Å². The van der Waals surface area contributed by atoms with Crippen molar-refractivity contribution in [2.24, 2.45) is 0 Å². The molecule has 0 aliphatic carbocycles. The zero-order valence-corrected chi connectivity index (χ0v) is 6.35. The van der Waals surface area contributed by atoms with Crippen LogP contribution in [0.25, 0.3) is 0 Å². The highest BCUT2D eigenvalue weighted by molar-refractivity contribution is 7.88. The van der Waals surface area contributed by atoms with Gasteiger partial charge in [-0.05, 0) is 6.92 Å². The van der Waals surface area contributed by atoms with Gasteiger partial charge in [0.2, 0.25) is 0 Å². The van der Waals surface area contributed by atoms with Crippen molar-refractivity contribution in [1.82, 2.24) is 0 Å². The molecule has 5 heteroatoms. The molecule has 0 aromatic heterocycles. The second-order valence-electron chi connectivity index (χ2n) is 1.39. The number of alkyl halides is 1. The summed E-state index contributed by atoms with van der Waals surface area (Å²) in [6.07, 6.45) is 2.63. The lowest BCUT2D eigenvalue weighted by molar-refractivity contribution is 0.483. The fourth-order valence-corrected chi connectivity index (χ4v) is 0.752. The molecule has 0 bridgehead atoms. The highest BCUT2D eigenvalue weighted by Gasteiger charge is 2.14. The van der Waals surface area contributed by atoms with Gasteiger partial charge in [-0.25, -0.2) is 0 Å². The maximum Gasteiger partial charge on any atom is 0.285 e. The second-order valence-corrected chi connectivity index (χ2v) is 3.66. The van der Waals surface area contributed by atoms with Crippen molar-refractivity contribution >= 4 is 21.7 Å². The molecule has 1 unspecified atom stereocenters. The number of hydrogen-bond acceptors (Lipinski definition) is 2. The Morgan fingerprint density at radius 3 is 2.22 bits per heavy atom. The Labute approximate surface area is 59.1 Å². The van der Waals surface area contributed by atoms with Crippen LogP contribution < -0.4 is 0 Å². The first-order valence-corrected chi connectivity index (χ1v) is 4.15. The van der Waals surface area contributed by atoms with Crippen molar-refractivity contribution < 1.29 is 13.0 Å².